The van der Waals surface area contributed by atoms with Gasteiger partial charge in [0.25, 0.3) is 0 Å². The number of hydrogen-bond donors (Lipinski definition) is 1. The van der Waals surface area contributed by atoms with Crippen molar-refractivity contribution in [3.8, 4) is 0 Å². The quantitative estimate of drug-likeness (QED) is 0.845. The molecule has 1 rings (SSSR count). The molecule has 0 fully saturated rings. The van der Waals surface area contributed by atoms with E-state index in [-0.39, 0.29) is 11.6 Å². The lowest BCUT2D eigenvalue weighted by molar-refractivity contribution is 0.0482. The lowest BCUT2D eigenvalue weighted by Gasteiger charge is -2.26. The smallest absolute Gasteiger partial charge is 0.0960 e. The minimum Gasteiger partial charge on any atom is -0.372 e. The summed E-state index contributed by atoms with van der Waals surface area (Å²) in [5.74, 6) is 0. The van der Waals surface area contributed by atoms with Gasteiger partial charge in [0.15, 0.2) is 0 Å². The van der Waals surface area contributed by atoms with E-state index in [0.717, 1.165) is 24.0 Å². The Bertz CT molecular complexity index is 360. The van der Waals surface area contributed by atoms with Crippen molar-refractivity contribution in [3.63, 3.8) is 0 Å². The van der Waals surface area contributed by atoms with Crippen LogP contribution in [0.1, 0.15) is 45.8 Å². The third kappa shape index (κ3) is 5.51. The summed E-state index contributed by atoms with van der Waals surface area (Å²) in [5.41, 5.74) is 1.32. The Morgan fingerprint density at radius 1 is 1.28 bits per heavy atom. The summed E-state index contributed by atoms with van der Waals surface area (Å²) in [6.07, 6.45) is 1.14. The molecule has 1 unspecified atom stereocenters. The first-order valence-corrected chi connectivity index (χ1v) is 7.34. The molecule has 1 aromatic carbocycles. The highest BCUT2D eigenvalue weighted by molar-refractivity contribution is 9.10. The summed E-state index contributed by atoms with van der Waals surface area (Å²) in [5, 5.41) is 3.51. The first kappa shape index (κ1) is 15.7. The highest BCUT2D eigenvalue weighted by atomic mass is 79.9. The number of benzene rings is 1. The first-order chi connectivity index (χ1) is 8.44. The van der Waals surface area contributed by atoms with E-state index in [1.54, 1.807) is 0 Å². The largest absolute Gasteiger partial charge is 0.372 e. The van der Waals surface area contributed by atoms with Crippen LogP contribution < -0.4 is 5.32 Å². The van der Waals surface area contributed by atoms with E-state index in [9.17, 15) is 0 Å². The summed E-state index contributed by atoms with van der Waals surface area (Å²) in [4.78, 5) is 0. The minimum absolute atomic E-state index is 0.0970. The third-order valence-electron chi connectivity index (χ3n) is 2.59. The van der Waals surface area contributed by atoms with Gasteiger partial charge in [-0.15, -0.1) is 0 Å². The maximum atomic E-state index is 5.96. The summed E-state index contributed by atoms with van der Waals surface area (Å²) in [6, 6.07) is 8.27. The number of ether oxygens (including phenoxy) is 1. The first-order valence-electron chi connectivity index (χ1n) is 6.55. The van der Waals surface area contributed by atoms with Crippen LogP contribution in [0, 0.1) is 0 Å². The maximum Gasteiger partial charge on any atom is 0.0960 e. The molecule has 0 aromatic heterocycles. The lowest BCUT2D eigenvalue weighted by atomic mass is 10.1. The van der Waals surface area contributed by atoms with Gasteiger partial charge in [-0.25, -0.2) is 0 Å². The number of nitrogens with one attached hydrogen (secondary N) is 1. The zero-order valence-corrected chi connectivity index (χ0v) is 13.4. The van der Waals surface area contributed by atoms with E-state index in [0.29, 0.717) is 0 Å². The predicted octanol–water partition coefficient (Wildman–Crippen LogP) is 4.30. The zero-order valence-electron chi connectivity index (χ0n) is 11.8. The number of halogens is 1. The van der Waals surface area contributed by atoms with Gasteiger partial charge in [0, 0.05) is 23.2 Å². The average Bonchev–Trinajstić information content (AvgIpc) is 2.29. The van der Waals surface area contributed by atoms with Gasteiger partial charge in [-0.05, 0) is 38.8 Å². The molecule has 18 heavy (non-hydrogen) atoms. The monoisotopic (exact) mass is 313 g/mol. The third-order valence-corrected chi connectivity index (χ3v) is 3.32. The lowest BCUT2D eigenvalue weighted by Crippen LogP contribution is -2.39. The van der Waals surface area contributed by atoms with Crippen LogP contribution in [-0.4, -0.2) is 18.7 Å². The van der Waals surface area contributed by atoms with Crippen LogP contribution in [0.4, 0.5) is 0 Å². The molecule has 0 radical (unpaired) electrons. The van der Waals surface area contributed by atoms with Crippen LogP contribution in [-0.2, 0) is 4.74 Å². The highest BCUT2D eigenvalue weighted by Gasteiger charge is 2.17. The normalized spacial score (nSPS) is 13.6. The van der Waals surface area contributed by atoms with Gasteiger partial charge in [0.05, 0.1) is 6.10 Å². The number of hydrogen-bond acceptors (Lipinski definition) is 2. The van der Waals surface area contributed by atoms with Gasteiger partial charge in [-0.3, -0.25) is 0 Å². The molecule has 0 aliphatic heterocycles. The SMILES string of the molecule is CCCOC(CNC(C)(C)C)c1ccccc1Br. The molecule has 0 spiro atoms. The van der Waals surface area contributed by atoms with Gasteiger partial charge in [0.2, 0.25) is 0 Å². The Hall–Kier alpha value is -0.380. The topological polar surface area (TPSA) is 21.3 Å². The molecule has 0 heterocycles. The Balaban J connectivity index is 2.75. The Morgan fingerprint density at radius 2 is 1.94 bits per heavy atom. The summed E-state index contributed by atoms with van der Waals surface area (Å²) in [6.45, 7) is 10.3. The van der Waals surface area contributed by atoms with Crippen molar-refractivity contribution in [1.82, 2.24) is 5.32 Å². The summed E-state index contributed by atoms with van der Waals surface area (Å²) in [7, 11) is 0. The standard InChI is InChI=1S/C15H24BrNO/c1-5-10-18-14(11-17-15(2,3)4)12-8-6-7-9-13(12)16/h6-9,14,17H,5,10-11H2,1-4H3. The van der Waals surface area contributed by atoms with Crippen molar-refractivity contribution >= 4 is 15.9 Å². The summed E-state index contributed by atoms with van der Waals surface area (Å²) < 4.78 is 7.07. The summed E-state index contributed by atoms with van der Waals surface area (Å²) >= 11 is 3.60. The van der Waals surface area contributed by atoms with Crippen molar-refractivity contribution in [3.05, 3.63) is 34.3 Å². The van der Waals surface area contributed by atoms with Crippen LogP contribution >= 0.6 is 15.9 Å². The maximum absolute atomic E-state index is 5.96. The van der Waals surface area contributed by atoms with Crippen LogP contribution in [0.15, 0.2) is 28.7 Å². The zero-order chi connectivity index (χ0) is 13.6. The fourth-order valence-corrected chi connectivity index (χ4v) is 2.19. The van der Waals surface area contributed by atoms with Gasteiger partial charge in [-0.1, -0.05) is 41.1 Å². The molecule has 1 aromatic rings. The second-order valence-corrected chi connectivity index (χ2v) is 6.37. The Kier molecular flexibility index (Phi) is 6.33. The second-order valence-electron chi connectivity index (χ2n) is 5.51. The molecule has 0 aliphatic rings. The van der Waals surface area contributed by atoms with E-state index in [4.69, 9.17) is 4.74 Å². The Labute approximate surface area is 119 Å². The molecule has 1 atom stereocenters. The molecule has 102 valence electrons. The van der Waals surface area contributed by atoms with Crippen LogP contribution in [0.3, 0.4) is 0 Å². The molecular weight excluding hydrogens is 290 g/mol. The molecule has 0 amide bonds. The predicted molar refractivity (Wildman–Crippen MR) is 80.9 cm³/mol. The molecule has 3 heteroatoms. The van der Waals surface area contributed by atoms with Crippen LogP contribution in [0.25, 0.3) is 0 Å². The fourth-order valence-electron chi connectivity index (χ4n) is 1.65. The van der Waals surface area contributed by atoms with E-state index in [1.807, 2.05) is 6.07 Å². The second kappa shape index (κ2) is 7.27. The molecule has 0 aliphatic carbocycles. The Morgan fingerprint density at radius 3 is 2.50 bits per heavy atom. The van der Waals surface area contributed by atoms with E-state index < -0.39 is 0 Å². The van der Waals surface area contributed by atoms with E-state index in [1.165, 1.54) is 5.56 Å². The molecule has 2 nitrogen and oxygen atoms in total. The van der Waals surface area contributed by atoms with Gasteiger partial charge in [-0.2, -0.15) is 0 Å². The highest BCUT2D eigenvalue weighted by Crippen LogP contribution is 2.26. The van der Waals surface area contributed by atoms with Gasteiger partial charge in [0.1, 0.15) is 0 Å². The van der Waals surface area contributed by atoms with E-state index in [2.05, 4.69) is 67.1 Å². The minimum atomic E-state index is 0.0970. The van der Waals surface area contributed by atoms with Crippen molar-refractivity contribution in [1.29, 1.82) is 0 Å². The van der Waals surface area contributed by atoms with E-state index >= 15 is 0 Å². The number of rotatable bonds is 6. The molecule has 0 saturated heterocycles. The van der Waals surface area contributed by atoms with Gasteiger partial charge >= 0.3 is 0 Å². The van der Waals surface area contributed by atoms with Crippen LogP contribution in [0.2, 0.25) is 0 Å². The van der Waals surface area contributed by atoms with Gasteiger partial charge < -0.3 is 10.1 Å². The molecule has 1 N–H and O–H groups in total. The van der Waals surface area contributed by atoms with Crippen molar-refractivity contribution in [2.45, 2.75) is 45.8 Å². The fraction of sp³-hybridized carbons (Fsp3) is 0.600. The van der Waals surface area contributed by atoms with Crippen molar-refractivity contribution < 1.29 is 4.74 Å². The molecule has 0 saturated carbocycles. The molecular formula is C15H24BrNO. The van der Waals surface area contributed by atoms with Crippen molar-refractivity contribution in [2.24, 2.45) is 0 Å². The average molecular weight is 314 g/mol. The van der Waals surface area contributed by atoms with Crippen molar-refractivity contribution in [2.75, 3.05) is 13.2 Å². The molecule has 0 bridgehead atoms. The van der Waals surface area contributed by atoms with Crippen LogP contribution in [0.5, 0.6) is 0 Å².